The Morgan fingerprint density at radius 3 is 2.73 bits per heavy atom. The topological polar surface area (TPSA) is 53.0 Å². The summed E-state index contributed by atoms with van der Waals surface area (Å²) in [5.74, 6) is 1.64. The van der Waals surface area contributed by atoms with Crippen molar-refractivity contribution in [3.63, 3.8) is 0 Å². The molecule has 3 heteroatoms. The van der Waals surface area contributed by atoms with Gasteiger partial charge in [-0.2, -0.15) is 5.26 Å². The van der Waals surface area contributed by atoms with Gasteiger partial charge in [0.15, 0.2) is 0 Å². The summed E-state index contributed by atoms with van der Waals surface area (Å²) in [6, 6.07) is 1.78. The fourth-order valence-electron chi connectivity index (χ4n) is 2.35. The van der Waals surface area contributed by atoms with Gasteiger partial charge >= 0.3 is 0 Å². The second kappa shape index (κ2) is 6.09. The molecule has 0 saturated carbocycles. The van der Waals surface area contributed by atoms with E-state index >= 15 is 0 Å². The Balaban J connectivity index is 2.36. The van der Waals surface area contributed by atoms with Crippen LogP contribution in [-0.2, 0) is 0 Å². The van der Waals surface area contributed by atoms with Gasteiger partial charge in [-0.25, -0.2) is 0 Å². The largest absolute Gasteiger partial charge is 0.315 e. The lowest BCUT2D eigenvalue weighted by molar-refractivity contribution is 0.268. The van der Waals surface area contributed by atoms with Crippen LogP contribution in [0.25, 0.3) is 0 Å². The maximum atomic E-state index is 8.67. The summed E-state index contributed by atoms with van der Waals surface area (Å²) < 4.78 is 0. The van der Waals surface area contributed by atoms with E-state index in [9.17, 15) is 0 Å². The summed E-state index contributed by atoms with van der Waals surface area (Å²) >= 11 is 0. The fraction of sp³-hybridized carbons (Fsp3) is 0.917. The molecule has 0 bridgehead atoms. The van der Waals surface area contributed by atoms with Crippen LogP contribution in [-0.4, -0.2) is 30.6 Å². The lowest BCUT2D eigenvalue weighted by Crippen LogP contribution is -2.37. The van der Waals surface area contributed by atoms with E-state index in [1.54, 1.807) is 0 Å². The van der Waals surface area contributed by atoms with E-state index in [0.717, 1.165) is 31.5 Å². The molecule has 1 rings (SSSR count). The van der Waals surface area contributed by atoms with Crippen molar-refractivity contribution in [1.82, 2.24) is 4.90 Å². The number of hydrogen-bond acceptors (Lipinski definition) is 3. The summed E-state index contributed by atoms with van der Waals surface area (Å²) in [6.07, 6.45) is 3.84. The highest BCUT2D eigenvalue weighted by atomic mass is 15.1. The van der Waals surface area contributed by atoms with Crippen LogP contribution in [0.15, 0.2) is 0 Å². The zero-order valence-electron chi connectivity index (χ0n) is 9.95. The lowest BCUT2D eigenvalue weighted by Gasteiger charge is -2.21. The highest BCUT2D eigenvalue weighted by molar-refractivity contribution is 4.89. The quantitative estimate of drug-likeness (QED) is 0.768. The number of nitrogens with two attached hydrogens (primary N) is 1. The smallest absolute Gasteiger partial charge is 0.106 e. The minimum Gasteiger partial charge on any atom is -0.315 e. The molecule has 86 valence electrons. The first-order valence-electron chi connectivity index (χ1n) is 6.01. The van der Waals surface area contributed by atoms with Crippen molar-refractivity contribution in [3.8, 4) is 6.07 Å². The Morgan fingerprint density at radius 1 is 1.40 bits per heavy atom. The van der Waals surface area contributed by atoms with Gasteiger partial charge in [-0.05, 0) is 44.2 Å². The Morgan fingerprint density at radius 2 is 2.13 bits per heavy atom. The molecule has 0 aromatic rings. The molecule has 2 unspecified atom stereocenters. The third kappa shape index (κ3) is 4.19. The number of hydrogen-bond donors (Lipinski definition) is 1. The van der Waals surface area contributed by atoms with Crippen LogP contribution in [0.1, 0.15) is 33.1 Å². The first kappa shape index (κ1) is 12.5. The predicted molar refractivity (Wildman–Crippen MR) is 62.2 cm³/mol. The van der Waals surface area contributed by atoms with Crippen LogP contribution in [0.3, 0.4) is 0 Å². The van der Waals surface area contributed by atoms with Crippen LogP contribution in [0.5, 0.6) is 0 Å². The molecule has 1 aliphatic rings. The minimum absolute atomic E-state index is 0.319. The predicted octanol–water partition coefficient (Wildman–Crippen LogP) is 1.60. The summed E-state index contributed by atoms with van der Waals surface area (Å²) in [6.45, 7) is 7.57. The monoisotopic (exact) mass is 209 g/mol. The van der Waals surface area contributed by atoms with Crippen molar-refractivity contribution < 1.29 is 0 Å². The van der Waals surface area contributed by atoms with Crippen LogP contribution in [0.2, 0.25) is 0 Å². The highest BCUT2D eigenvalue weighted by Crippen LogP contribution is 2.24. The molecule has 0 aromatic heterocycles. The zero-order valence-corrected chi connectivity index (χ0v) is 9.95. The van der Waals surface area contributed by atoms with Crippen LogP contribution in [0, 0.1) is 23.2 Å². The highest BCUT2D eigenvalue weighted by Gasteiger charge is 2.20. The van der Waals surface area contributed by atoms with Crippen LogP contribution < -0.4 is 5.73 Å². The zero-order chi connectivity index (χ0) is 11.3. The number of nitrogens with zero attached hydrogens (tertiary/aromatic N) is 2. The van der Waals surface area contributed by atoms with Gasteiger partial charge in [-0.15, -0.1) is 0 Å². The molecule has 15 heavy (non-hydrogen) atoms. The standard InChI is InChI=1S/C12H23N3/c1-10(2)11-4-3-6-15(7-5-11)9-12(14)8-13/h10-12H,3-7,9,14H2,1-2H3. The molecule has 1 heterocycles. The number of likely N-dealkylation sites (tertiary alicyclic amines) is 1. The van der Waals surface area contributed by atoms with Gasteiger partial charge < -0.3 is 10.6 Å². The van der Waals surface area contributed by atoms with Crippen molar-refractivity contribution in [3.05, 3.63) is 0 Å². The first-order valence-corrected chi connectivity index (χ1v) is 6.01. The molecule has 0 aliphatic carbocycles. The maximum absolute atomic E-state index is 8.67. The maximum Gasteiger partial charge on any atom is 0.106 e. The van der Waals surface area contributed by atoms with Gasteiger partial charge in [0.1, 0.15) is 6.04 Å². The molecule has 0 amide bonds. The summed E-state index contributed by atoms with van der Waals surface area (Å²) in [7, 11) is 0. The third-order valence-electron chi connectivity index (χ3n) is 3.43. The van der Waals surface area contributed by atoms with E-state index in [-0.39, 0.29) is 6.04 Å². The third-order valence-corrected chi connectivity index (χ3v) is 3.43. The molecular formula is C12H23N3. The van der Waals surface area contributed by atoms with Gasteiger partial charge in [0.25, 0.3) is 0 Å². The number of nitriles is 1. The molecule has 2 N–H and O–H groups in total. The Bertz CT molecular complexity index is 219. The van der Waals surface area contributed by atoms with Gasteiger partial charge in [-0.1, -0.05) is 13.8 Å². The van der Waals surface area contributed by atoms with Crippen molar-refractivity contribution in [1.29, 1.82) is 5.26 Å². The van der Waals surface area contributed by atoms with E-state index < -0.39 is 0 Å². The van der Waals surface area contributed by atoms with Gasteiger partial charge in [0.2, 0.25) is 0 Å². The summed E-state index contributed by atoms with van der Waals surface area (Å²) in [5.41, 5.74) is 5.65. The lowest BCUT2D eigenvalue weighted by atomic mass is 9.89. The molecule has 3 nitrogen and oxygen atoms in total. The molecule has 0 aromatic carbocycles. The van der Waals surface area contributed by atoms with E-state index in [0.29, 0.717) is 0 Å². The fourth-order valence-corrected chi connectivity index (χ4v) is 2.35. The average Bonchev–Trinajstić information content (AvgIpc) is 2.43. The Kier molecular flexibility index (Phi) is 5.07. The van der Waals surface area contributed by atoms with Crippen molar-refractivity contribution in [2.45, 2.75) is 39.2 Å². The van der Waals surface area contributed by atoms with Crippen molar-refractivity contribution in [2.75, 3.05) is 19.6 Å². The van der Waals surface area contributed by atoms with Crippen molar-refractivity contribution >= 4 is 0 Å². The second-order valence-electron chi connectivity index (χ2n) is 4.97. The molecule has 0 radical (unpaired) electrons. The van der Waals surface area contributed by atoms with Gasteiger partial charge in [0, 0.05) is 6.54 Å². The Labute approximate surface area is 93.2 Å². The molecule has 0 spiro atoms. The summed E-state index contributed by atoms with van der Waals surface area (Å²) in [4.78, 5) is 2.34. The molecule has 1 saturated heterocycles. The van der Waals surface area contributed by atoms with Crippen molar-refractivity contribution in [2.24, 2.45) is 17.6 Å². The van der Waals surface area contributed by atoms with E-state index in [1.807, 2.05) is 0 Å². The van der Waals surface area contributed by atoms with Crippen LogP contribution in [0.4, 0.5) is 0 Å². The van der Waals surface area contributed by atoms with E-state index in [2.05, 4.69) is 24.8 Å². The van der Waals surface area contributed by atoms with Gasteiger partial charge in [0.05, 0.1) is 6.07 Å². The normalized spacial score (nSPS) is 25.9. The minimum atomic E-state index is -0.319. The Hall–Kier alpha value is -0.590. The summed E-state index contributed by atoms with van der Waals surface area (Å²) in [5, 5.41) is 8.67. The molecule has 2 atom stereocenters. The average molecular weight is 209 g/mol. The van der Waals surface area contributed by atoms with Gasteiger partial charge in [-0.3, -0.25) is 0 Å². The SMILES string of the molecule is CC(C)C1CCCN(CC(N)C#N)CC1. The van der Waals surface area contributed by atoms with E-state index in [4.69, 9.17) is 11.0 Å². The second-order valence-corrected chi connectivity index (χ2v) is 4.97. The molecule has 1 fully saturated rings. The molecular weight excluding hydrogens is 186 g/mol. The van der Waals surface area contributed by atoms with E-state index in [1.165, 1.54) is 19.3 Å². The number of rotatable bonds is 3. The first-order chi connectivity index (χ1) is 7.13. The van der Waals surface area contributed by atoms with Crippen LogP contribution >= 0.6 is 0 Å². The molecule has 1 aliphatic heterocycles.